The number of rotatable bonds is 3. The zero-order valence-corrected chi connectivity index (χ0v) is 12.4. The van der Waals surface area contributed by atoms with Gasteiger partial charge in [-0.05, 0) is 47.9 Å². The van der Waals surface area contributed by atoms with Crippen LogP contribution in [0, 0.1) is 5.82 Å². The largest absolute Gasteiger partial charge is 0.207 e. The summed E-state index contributed by atoms with van der Waals surface area (Å²) in [5.74, 6) is -0.295. The molecule has 0 saturated carbocycles. The number of hydrogen-bond acceptors (Lipinski definition) is 0. The van der Waals surface area contributed by atoms with Gasteiger partial charge in [-0.2, -0.15) is 0 Å². The van der Waals surface area contributed by atoms with Gasteiger partial charge in [0.15, 0.2) is 0 Å². The van der Waals surface area contributed by atoms with Crippen molar-refractivity contribution < 1.29 is 4.39 Å². The van der Waals surface area contributed by atoms with E-state index < -0.39 is 0 Å². The van der Waals surface area contributed by atoms with E-state index in [9.17, 15) is 4.39 Å². The zero-order valence-electron chi connectivity index (χ0n) is 9.34. The Morgan fingerprint density at radius 3 is 2.61 bits per heavy atom. The van der Waals surface area contributed by atoms with E-state index in [0.29, 0.717) is 15.9 Å². The van der Waals surface area contributed by atoms with Crippen molar-refractivity contribution >= 4 is 39.1 Å². The second-order valence-electron chi connectivity index (χ2n) is 4.00. The average molecular weight is 348 g/mol. The lowest BCUT2D eigenvalue weighted by atomic mass is 10.0. The molecular formula is C14H10BrCl2F. The molecule has 0 radical (unpaired) electrons. The highest BCUT2D eigenvalue weighted by Crippen LogP contribution is 2.28. The maximum Gasteiger partial charge on any atom is 0.124 e. The Balaban J connectivity index is 2.19. The summed E-state index contributed by atoms with van der Waals surface area (Å²) in [7, 11) is 0. The SMILES string of the molecule is Fc1cc(Br)cc(C(Cl)Cc2cccc(Cl)c2)c1. The number of halogens is 4. The Morgan fingerprint density at radius 2 is 1.94 bits per heavy atom. The van der Waals surface area contributed by atoms with Crippen LogP contribution in [0.5, 0.6) is 0 Å². The van der Waals surface area contributed by atoms with Crippen molar-refractivity contribution in [2.75, 3.05) is 0 Å². The summed E-state index contributed by atoms with van der Waals surface area (Å²) in [6, 6.07) is 12.2. The van der Waals surface area contributed by atoms with Crippen molar-refractivity contribution in [1.29, 1.82) is 0 Å². The smallest absolute Gasteiger partial charge is 0.124 e. The van der Waals surface area contributed by atoms with Gasteiger partial charge in [-0.15, -0.1) is 11.6 Å². The molecule has 0 heterocycles. The molecule has 1 atom stereocenters. The molecule has 0 spiro atoms. The van der Waals surface area contributed by atoms with Gasteiger partial charge in [0.25, 0.3) is 0 Å². The number of alkyl halides is 1. The van der Waals surface area contributed by atoms with Crippen molar-refractivity contribution in [1.82, 2.24) is 0 Å². The van der Waals surface area contributed by atoms with Gasteiger partial charge >= 0.3 is 0 Å². The van der Waals surface area contributed by atoms with Crippen molar-refractivity contribution in [3.63, 3.8) is 0 Å². The summed E-state index contributed by atoms with van der Waals surface area (Å²) < 4.78 is 14.0. The van der Waals surface area contributed by atoms with Gasteiger partial charge in [0, 0.05) is 9.50 Å². The number of hydrogen-bond donors (Lipinski definition) is 0. The predicted octanol–water partition coefficient (Wildman–Crippen LogP) is 5.76. The molecule has 18 heavy (non-hydrogen) atoms. The van der Waals surface area contributed by atoms with Crippen LogP contribution in [0.15, 0.2) is 46.9 Å². The third-order valence-electron chi connectivity index (χ3n) is 2.55. The average Bonchev–Trinajstić information content (AvgIpc) is 2.27. The summed E-state index contributed by atoms with van der Waals surface area (Å²) >= 11 is 15.5. The minimum absolute atomic E-state index is 0.282. The Hall–Kier alpha value is -0.570. The molecule has 2 rings (SSSR count). The van der Waals surface area contributed by atoms with Crippen LogP contribution in [-0.4, -0.2) is 0 Å². The highest BCUT2D eigenvalue weighted by Gasteiger charge is 2.11. The second-order valence-corrected chi connectivity index (χ2v) is 5.88. The first kappa shape index (κ1) is 13.9. The van der Waals surface area contributed by atoms with E-state index in [2.05, 4.69) is 15.9 Å². The van der Waals surface area contributed by atoms with E-state index in [1.165, 1.54) is 12.1 Å². The summed E-state index contributed by atoms with van der Waals surface area (Å²) in [4.78, 5) is 0. The van der Waals surface area contributed by atoms with Crippen LogP contribution in [0.25, 0.3) is 0 Å². The lowest BCUT2D eigenvalue weighted by Crippen LogP contribution is -1.97. The molecule has 0 fully saturated rings. The lowest BCUT2D eigenvalue weighted by molar-refractivity contribution is 0.623. The molecule has 0 aromatic heterocycles. The van der Waals surface area contributed by atoms with Gasteiger partial charge in [0.2, 0.25) is 0 Å². The maximum atomic E-state index is 13.3. The molecule has 2 aromatic carbocycles. The minimum Gasteiger partial charge on any atom is -0.207 e. The molecule has 94 valence electrons. The Labute approximate surface area is 124 Å². The molecular weight excluding hydrogens is 338 g/mol. The molecule has 0 aliphatic carbocycles. The van der Waals surface area contributed by atoms with E-state index in [1.807, 2.05) is 30.3 Å². The fourth-order valence-corrected chi connectivity index (χ4v) is 2.74. The van der Waals surface area contributed by atoms with E-state index in [-0.39, 0.29) is 11.2 Å². The molecule has 0 saturated heterocycles. The first-order valence-electron chi connectivity index (χ1n) is 5.39. The van der Waals surface area contributed by atoms with Gasteiger partial charge in [-0.1, -0.05) is 39.7 Å². The Kier molecular flexibility index (Phi) is 4.66. The molecule has 0 aliphatic heterocycles. The minimum atomic E-state index is -0.295. The van der Waals surface area contributed by atoms with Crippen molar-refractivity contribution in [3.05, 3.63) is 68.9 Å². The van der Waals surface area contributed by atoms with Gasteiger partial charge in [0.05, 0.1) is 5.38 Å². The summed E-state index contributed by atoms with van der Waals surface area (Å²) in [6.45, 7) is 0. The van der Waals surface area contributed by atoms with E-state index >= 15 is 0 Å². The Bertz CT molecular complexity index is 537. The van der Waals surface area contributed by atoms with E-state index in [4.69, 9.17) is 23.2 Å². The molecule has 1 unspecified atom stereocenters. The quantitative estimate of drug-likeness (QED) is 0.619. The van der Waals surface area contributed by atoms with E-state index in [1.54, 1.807) is 0 Å². The van der Waals surface area contributed by atoms with Crippen LogP contribution in [0.2, 0.25) is 5.02 Å². The normalized spacial score (nSPS) is 12.4. The lowest BCUT2D eigenvalue weighted by Gasteiger charge is -2.11. The van der Waals surface area contributed by atoms with Crippen molar-refractivity contribution in [3.8, 4) is 0 Å². The summed E-state index contributed by atoms with van der Waals surface area (Å²) in [6.07, 6.45) is 0.609. The summed E-state index contributed by atoms with van der Waals surface area (Å²) in [5.41, 5.74) is 1.78. The first-order chi connectivity index (χ1) is 8.54. The van der Waals surface area contributed by atoms with Gasteiger partial charge in [-0.3, -0.25) is 0 Å². The van der Waals surface area contributed by atoms with Crippen LogP contribution in [0.4, 0.5) is 4.39 Å². The fraction of sp³-hybridized carbons (Fsp3) is 0.143. The molecule has 0 aliphatic rings. The van der Waals surface area contributed by atoms with Crippen LogP contribution < -0.4 is 0 Å². The monoisotopic (exact) mass is 346 g/mol. The second kappa shape index (κ2) is 6.05. The van der Waals surface area contributed by atoms with Crippen LogP contribution in [0.1, 0.15) is 16.5 Å². The van der Waals surface area contributed by atoms with Crippen LogP contribution >= 0.6 is 39.1 Å². The maximum absolute atomic E-state index is 13.3. The molecule has 0 nitrogen and oxygen atoms in total. The molecule has 0 bridgehead atoms. The predicted molar refractivity (Wildman–Crippen MR) is 77.9 cm³/mol. The molecule has 0 N–H and O–H groups in total. The van der Waals surface area contributed by atoms with Gasteiger partial charge in [-0.25, -0.2) is 4.39 Å². The fourth-order valence-electron chi connectivity index (χ4n) is 1.74. The van der Waals surface area contributed by atoms with Crippen LogP contribution in [-0.2, 0) is 6.42 Å². The van der Waals surface area contributed by atoms with Gasteiger partial charge in [0.1, 0.15) is 5.82 Å². The van der Waals surface area contributed by atoms with Crippen molar-refractivity contribution in [2.45, 2.75) is 11.8 Å². The zero-order chi connectivity index (χ0) is 13.1. The molecule has 0 amide bonds. The van der Waals surface area contributed by atoms with Crippen molar-refractivity contribution in [2.24, 2.45) is 0 Å². The third kappa shape index (κ3) is 3.71. The Morgan fingerprint density at radius 1 is 1.17 bits per heavy atom. The standard InChI is InChI=1S/C14H10BrCl2F/c15-11-6-10(7-13(18)8-11)14(17)5-9-2-1-3-12(16)4-9/h1-4,6-8,14H,5H2. The topological polar surface area (TPSA) is 0 Å². The first-order valence-corrected chi connectivity index (χ1v) is 7.00. The molecule has 4 heteroatoms. The van der Waals surface area contributed by atoms with Gasteiger partial charge < -0.3 is 0 Å². The third-order valence-corrected chi connectivity index (χ3v) is 3.65. The van der Waals surface area contributed by atoms with Crippen LogP contribution in [0.3, 0.4) is 0 Å². The highest BCUT2D eigenvalue weighted by molar-refractivity contribution is 9.10. The van der Waals surface area contributed by atoms with E-state index in [0.717, 1.165) is 11.1 Å². The number of benzene rings is 2. The molecule has 2 aromatic rings. The summed E-state index contributed by atoms with van der Waals surface area (Å²) in [5, 5.41) is 0.396. The highest BCUT2D eigenvalue weighted by atomic mass is 79.9.